The molecule has 0 radical (unpaired) electrons. The van der Waals surface area contributed by atoms with E-state index in [1.54, 1.807) is 13.8 Å². The average molecular weight is 291 g/mol. The first kappa shape index (κ1) is 13.2. The van der Waals surface area contributed by atoms with Crippen LogP contribution in [0.2, 0.25) is 0 Å². The maximum Gasteiger partial charge on any atom is 0.265 e. The lowest BCUT2D eigenvalue weighted by Gasteiger charge is -2.09. The Labute approximate surface area is 118 Å². The number of aryl methyl sites for hydroxylation is 4. The molecule has 2 aromatic rings. The Kier molecular flexibility index (Phi) is 3.05. The zero-order valence-corrected chi connectivity index (χ0v) is 12.3. The van der Waals surface area contributed by atoms with Gasteiger partial charge in [0.1, 0.15) is 4.90 Å². The summed E-state index contributed by atoms with van der Waals surface area (Å²) in [5.74, 6) is 0. The van der Waals surface area contributed by atoms with E-state index in [4.69, 9.17) is 0 Å². The van der Waals surface area contributed by atoms with Gasteiger partial charge in [0.15, 0.2) is 0 Å². The molecule has 0 atom stereocenters. The molecule has 6 heteroatoms. The second kappa shape index (κ2) is 4.63. The second-order valence-corrected chi connectivity index (χ2v) is 6.82. The monoisotopic (exact) mass is 291 g/mol. The van der Waals surface area contributed by atoms with E-state index in [0.717, 1.165) is 19.3 Å². The van der Waals surface area contributed by atoms with Crippen molar-refractivity contribution in [3.63, 3.8) is 0 Å². The predicted octanol–water partition coefficient (Wildman–Crippen LogP) is 2.32. The summed E-state index contributed by atoms with van der Waals surface area (Å²) in [6.07, 6.45) is 3.25. The minimum Gasteiger partial charge on any atom is -0.281 e. The molecule has 1 aromatic carbocycles. The lowest BCUT2D eigenvalue weighted by Crippen LogP contribution is -2.14. The topological polar surface area (TPSA) is 74.8 Å². The summed E-state index contributed by atoms with van der Waals surface area (Å²) in [4.78, 5) is 0.234. The molecule has 1 heterocycles. The molecule has 0 aliphatic heterocycles. The van der Waals surface area contributed by atoms with Gasteiger partial charge in [-0.15, -0.1) is 0 Å². The van der Waals surface area contributed by atoms with Crippen molar-refractivity contribution >= 4 is 15.7 Å². The van der Waals surface area contributed by atoms with Crippen LogP contribution >= 0.6 is 0 Å². The van der Waals surface area contributed by atoms with Crippen LogP contribution in [0.4, 0.5) is 5.69 Å². The Morgan fingerprint density at radius 1 is 1.20 bits per heavy atom. The first-order valence-electron chi connectivity index (χ1n) is 6.63. The summed E-state index contributed by atoms with van der Waals surface area (Å²) in [5, 5.41) is 6.64. The lowest BCUT2D eigenvalue weighted by atomic mass is 10.1. The Morgan fingerprint density at radius 2 is 1.95 bits per heavy atom. The fourth-order valence-corrected chi connectivity index (χ4v) is 4.20. The molecule has 3 rings (SSSR count). The van der Waals surface area contributed by atoms with E-state index in [0.29, 0.717) is 17.1 Å². The predicted molar refractivity (Wildman–Crippen MR) is 77.3 cm³/mol. The molecule has 1 aromatic heterocycles. The van der Waals surface area contributed by atoms with Gasteiger partial charge in [0.2, 0.25) is 0 Å². The maximum absolute atomic E-state index is 12.4. The van der Waals surface area contributed by atoms with Crippen LogP contribution in [-0.4, -0.2) is 18.6 Å². The molecule has 106 valence electrons. The number of benzene rings is 1. The highest BCUT2D eigenvalue weighted by molar-refractivity contribution is 7.92. The van der Waals surface area contributed by atoms with Gasteiger partial charge in [0.25, 0.3) is 10.0 Å². The van der Waals surface area contributed by atoms with Gasteiger partial charge in [0, 0.05) is 5.69 Å². The Hall–Kier alpha value is -1.82. The number of rotatable bonds is 3. The van der Waals surface area contributed by atoms with Gasteiger partial charge in [0.05, 0.1) is 11.4 Å². The van der Waals surface area contributed by atoms with Crippen molar-refractivity contribution in [2.45, 2.75) is 38.0 Å². The van der Waals surface area contributed by atoms with E-state index in [1.807, 2.05) is 18.2 Å². The quantitative estimate of drug-likeness (QED) is 0.911. The number of hydrogen-bond acceptors (Lipinski definition) is 3. The third-order valence-electron chi connectivity index (χ3n) is 3.68. The van der Waals surface area contributed by atoms with Gasteiger partial charge in [-0.2, -0.15) is 5.10 Å². The van der Waals surface area contributed by atoms with E-state index in [-0.39, 0.29) is 4.90 Å². The molecule has 0 bridgehead atoms. The first-order chi connectivity index (χ1) is 9.47. The number of nitrogens with zero attached hydrogens (tertiary/aromatic N) is 1. The molecular formula is C14H17N3O2S. The van der Waals surface area contributed by atoms with E-state index < -0.39 is 10.0 Å². The van der Waals surface area contributed by atoms with E-state index in [9.17, 15) is 8.42 Å². The summed E-state index contributed by atoms with van der Waals surface area (Å²) in [6, 6.07) is 5.77. The van der Waals surface area contributed by atoms with Gasteiger partial charge < -0.3 is 0 Å². The van der Waals surface area contributed by atoms with E-state index >= 15 is 0 Å². The minimum absolute atomic E-state index is 0.234. The summed E-state index contributed by atoms with van der Waals surface area (Å²) in [5.41, 5.74) is 4.22. The number of aromatic nitrogens is 2. The standard InChI is InChI=1S/C14H17N3O2S/c1-9-14(10(2)16-15-9)20(18,19)17-13-7-6-11-4-3-5-12(11)8-13/h6-8,17H,3-5H2,1-2H3,(H,15,16). The fourth-order valence-electron chi connectivity index (χ4n) is 2.78. The molecule has 5 nitrogen and oxygen atoms in total. The van der Waals surface area contributed by atoms with Crippen LogP contribution in [0.15, 0.2) is 23.1 Å². The van der Waals surface area contributed by atoms with Gasteiger partial charge in [-0.05, 0) is 56.4 Å². The van der Waals surface area contributed by atoms with Crippen LogP contribution in [0.5, 0.6) is 0 Å². The summed E-state index contributed by atoms with van der Waals surface area (Å²) >= 11 is 0. The van der Waals surface area contributed by atoms with Crippen LogP contribution in [0.25, 0.3) is 0 Å². The normalized spacial score (nSPS) is 14.3. The van der Waals surface area contributed by atoms with Gasteiger partial charge in [-0.1, -0.05) is 6.07 Å². The molecule has 1 aliphatic carbocycles. The zero-order chi connectivity index (χ0) is 14.3. The van der Waals surface area contributed by atoms with Crippen molar-refractivity contribution in [3.8, 4) is 0 Å². The van der Waals surface area contributed by atoms with Gasteiger partial charge in [-0.25, -0.2) is 8.42 Å². The highest BCUT2D eigenvalue weighted by Crippen LogP contribution is 2.27. The third kappa shape index (κ3) is 2.20. The number of sulfonamides is 1. The van der Waals surface area contributed by atoms with E-state index in [2.05, 4.69) is 14.9 Å². The van der Waals surface area contributed by atoms with Crippen molar-refractivity contribution in [2.24, 2.45) is 0 Å². The highest BCUT2D eigenvalue weighted by Gasteiger charge is 2.22. The SMILES string of the molecule is Cc1n[nH]c(C)c1S(=O)(=O)Nc1ccc2c(c1)CCC2. The highest BCUT2D eigenvalue weighted by atomic mass is 32.2. The molecule has 0 spiro atoms. The van der Waals surface area contributed by atoms with Crippen LogP contribution in [0.3, 0.4) is 0 Å². The van der Waals surface area contributed by atoms with E-state index in [1.165, 1.54) is 11.1 Å². The number of fused-ring (bicyclic) bond motifs is 1. The summed E-state index contributed by atoms with van der Waals surface area (Å²) < 4.78 is 27.5. The first-order valence-corrected chi connectivity index (χ1v) is 8.12. The molecule has 0 amide bonds. The van der Waals surface area contributed by atoms with Crippen LogP contribution in [0, 0.1) is 13.8 Å². The van der Waals surface area contributed by atoms with Crippen LogP contribution < -0.4 is 4.72 Å². The minimum atomic E-state index is -3.59. The number of anilines is 1. The summed E-state index contributed by atoms with van der Waals surface area (Å²) in [6.45, 7) is 3.39. The lowest BCUT2D eigenvalue weighted by molar-refractivity contribution is 0.600. The smallest absolute Gasteiger partial charge is 0.265 e. The zero-order valence-electron chi connectivity index (χ0n) is 11.5. The number of H-pyrrole nitrogens is 1. The Morgan fingerprint density at radius 3 is 2.65 bits per heavy atom. The molecule has 20 heavy (non-hydrogen) atoms. The second-order valence-electron chi connectivity index (χ2n) is 5.21. The molecule has 0 fully saturated rings. The van der Waals surface area contributed by atoms with Crippen LogP contribution in [-0.2, 0) is 22.9 Å². The molecular weight excluding hydrogens is 274 g/mol. The molecule has 1 aliphatic rings. The Balaban J connectivity index is 1.94. The summed E-state index contributed by atoms with van der Waals surface area (Å²) in [7, 11) is -3.59. The van der Waals surface area contributed by atoms with Gasteiger partial charge in [-0.3, -0.25) is 9.82 Å². The van der Waals surface area contributed by atoms with Crippen molar-refractivity contribution in [2.75, 3.05) is 4.72 Å². The van der Waals surface area contributed by atoms with Gasteiger partial charge >= 0.3 is 0 Å². The third-order valence-corrected chi connectivity index (χ3v) is 5.32. The van der Waals surface area contributed by atoms with Crippen molar-refractivity contribution in [1.82, 2.24) is 10.2 Å². The van der Waals surface area contributed by atoms with Crippen molar-refractivity contribution < 1.29 is 8.42 Å². The molecule has 0 unspecified atom stereocenters. The van der Waals surface area contributed by atoms with Crippen LogP contribution in [0.1, 0.15) is 28.9 Å². The molecule has 0 saturated carbocycles. The molecule has 0 saturated heterocycles. The maximum atomic E-state index is 12.4. The number of nitrogens with one attached hydrogen (secondary N) is 2. The Bertz CT molecular complexity index is 743. The largest absolute Gasteiger partial charge is 0.281 e. The number of aromatic amines is 1. The van der Waals surface area contributed by atoms with Crippen molar-refractivity contribution in [1.29, 1.82) is 0 Å². The number of hydrogen-bond donors (Lipinski definition) is 2. The average Bonchev–Trinajstić information content (AvgIpc) is 2.95. The fraction of sp³-hybridized carbons (Fsp3) is 0.357. The van der Waals surface area contributed by atoms with Crippen molar-refractivity contribution in [3.05, 3.63) is 40.7 Å². The molecule has 2 N–H and O–H groups in total.